The molecule has 1 aromatic rings. The van der Waals surface area contributed by atoms with Crippen molar-refractivity contribution in [1.82, 2.24) is 5.32 Å². The number of rotatable bonds is 5. The lowest BCUT2D eigenvalue weighted by atomic mass is 10.1. The minimum Gasteiger partial charge on any atom is -0.497 e. The van der Waals surface area contributed by atoms with Crippen molar-refractivity contribution in [1.29, 1.82) is 0 Å². The molecule has 0 heterocycles. The van der Waals surface area contributed by atoms with Crippen LogP contribution in [-0.4, -0.2) is 17.8 Å². The smallest absolute Gasteiger partial charge is 0.234 e. The van der Waals surface area contributed by atoms with E-state index in [1.165, 1.54) is 0 Å². The number of hydrogen-bond acceptors (Lipinski definition) is 2. The molecule has 2 atom stereocenters. The standard InChI is InChI=1S/C13H18BrNO2/c1-4-12(14)13(16)15-9(2)10-5-7-11(17-3)8-6-10/h5-9,12H,4H2,1-3H3,(H,15,16)/t9-,12-/m0/s1. The van der Waals surface area contributed by atoms with E-state index in [1.54, 1.807) is 7.11 Å². The summed E-state index contributed by atoms with van der Waals surface area (Å²) in [4.78, 5) is 11.6. The summed E-state index contributed by atoms with van der Waals surface area (Å²) < 4.78 is 5.09. The number of carbonyl (C=O) groups is 1. The van der Waals surface area contributed by atoms with E-state index in [-0.39, 0.29) is 16.8 Å². The van der Waals surface area contributed by atoms with Crippen LogP contribution in [0.15, 0.2) is 24.3 Å². The first-order valence-corrected chi connectivity index (χ1v) is 6.58. The van der Waals surface area contributed by atoms with E-state index in [1.807, 2.05) is 38.1 Å². The summed E-state index contributed by atoms with van der Waals surface area (Å²) in [6.07, 6.45) is 0.779. The molecule has 0 aliphatic heterocycles. The Kier molecular flexibility index (Phi) is 5.48. The number of hydrogen-bond donors (Lipinski definition) is 1. The first-order valence-electron chi connectivity index (χ1n) is 5.66. The number of amides is 1. The van der Waals surface area contributed by atoms with Gasteiger partial charge in [-0.25, -0.2) is 0 Å². The third-order valence-electron chi connectivity index (χ3n) is 2.62. The highest BCUT2D eigenvalue weighted by Gasteiger charge is 2.15. The molecule has 0 aliphatic rings. The number of ether oxygens (including phenoxy) is 1. The number of alkyl halides is 1. The van der Waals surface area contributed by atoms with Gasteiger partial charge >= 0.3 is 0 Å². The molecule has 0 unspecified atom stereocenters. The second-order valence-corrected chi connectivity index (χ2v) is 4.98. The van der Waals surface area contributed by atoms with Crippen LogP contribution in [0, 0.1) is 0 Å². The van der Waals surface area contributed by atoms with E-state index in [2.05, 4.69) is 21.2 Å². The highest BCUT2D eigenvalue weighted by molar-refractivity contribution is 9.10. The maximum absolute atomic E-state index is 11.7. The topological polar surface area (TPSA) is 38.3 Å². The molecule has 94 valence electrons. The van der Waals surface area contributed by atoms with E-state index in [9.17, 15) is 4.79 Å². The third-order valence-corrected chi connectivity index (χ3v) is 3.68. The van der Waals surface area contributed by atoms with Gasteiger partial charge in [-0.3, -0.25) is 4.79 Å². The average molecular weight is 300 g/mol. The summed E-state index contributed by atoms with van der Waals surface area (Å²) in [7, 11) is 1.64. The van der Waals surface area contributed by atoms with E-state index < -0.39 is 0 Å². The fourth-order valence-electron chi connectivity index (χ4n) is 1.47. The Bertz CT molecular complexity index is 364. The van der Waals surface area contributed by atoms with Gasteiger partial charge in [0.15, 0.2) is 0 Å². The molecular weight excluding hydrogens is 282 g/mol. The molecule has 17 heavy (non-hydrogen) atoms. The van der Waals surface area contributed by atoms with Gasteiger partial charge in [0.2, 0.25) is 5.91 Å². The van der Waals surface area contributed by atoms with Crippen molar-refractivity contribution < 1.29 is 9.53 Å². The van der Waals surface area contributed by atoms with Gasteiger partial charge < -0.3 is 10.1 Å². The zero-order chi connectivity index (χ0) is 12.8. The highest BCUT2D eigenvalue weighted by atomic mass is 79.9. The number of carbonyl (C=O) groups excluding carboxylic acids is 1. The van der Waals surface area contributed by atoms with Crippen LogP contribution in [-0.2, 0) is 4.79 Å². The molecule has 4 heteroatoms. The first kappa shape index (κ1) is 14.0. The van der Waals surface area contributed by atoms with Crippen LogP contribution in [0.4, 0.5) is 0 Å². The van der Waals surface area contributed by atoms with Crippen LogP contribution >= 0.6 is 15.9 Å². The van der Waals surface area contributed by atoms with Gasteiger partial charge in [0.05, 0.1) is 18.0 Å². The fourth-order valence-corrected chi connectivity index (χ4v) is 1.60. The Morgan fingerprint density at radius 3 is 2.47 bits per heavy atom. The average Bonchev–Trinajstić information content (AvgIpc) is 2.37. The van der Waals surface area contributed by atoms with Crippen molar-refractivity contribution >= 4 is 21.8 Å². The number of methoxy groups -OCH3 is 1. The molecular formula is C13H18BrNO2. The molecule has 1 N–H and O–H groups in total. The lowest BCUT2D eigenvalue weighted by Crippen LogP contribution is -2.32. The molecule has 0 spiro atoms. The zero-order valence-corrected chi connectivity index (χ0v) is 12.0. The Morgan fingerprint density at radius 1 is 1.41 bits per heavy atom. The van der Waals surface area contributed by atoms with Gasteiger partial charge in [0, 0.05) is 0 Å². The lowest BCUT2D eigenvalue weighted by Gasteiger charge is -2.16. The molecule has 0 aliphatic carbocycles. The van der Waals surface area contributed by atoms with Crippen molar-refractivity contribution in [2.75, 3.05) is 7.11 Å². The van der Waals surface area contributed by atoms with Crippen LogP contribution in [0.25, 0.3) is 0 Å². The minimum atomic E-state index is -0.122. The van der Waals surface area contributed by atoms with Crippen molar-refractivity contribution in [2.45, 2.75) is 31.1 Å². The van der Waals surface area contributed by atoms with Crippen LogP contribution in [0.5, 0.6) is 5.75 Å². The summed E-state index contributed by atoms with van der Waals surface area (Å²) in [5.41, 5.74) is 1.06. The van der Waals surface area contributed by atoms with Gasteiger partial charge in [-0.05, 0) is 31.0 Å². The summed E-state index contributed by atoms with van der Waals surface area (Å²) in [5.74, 6) is 0.843. The monoisotopic (exact) mass is 299 g/mol. The first-order chi connectivity index (χ1) is 8.08. The zero-order valence-electron chi connectivity index (χ0n) is 10.4. The number of nitrogens with one attached hydrogen (secondary N) is 1. The van der Waals surface area contributed by atoms with E-state index >= 15 is 0 Å². The van der Waals surface area contributed by atoms with Gasteiger partial charge in [0.1, 0.15) is 5.75 Å². The van der Waals surface area contributed by atoms with Crippen molar-refractivity contribution in [3.63, 3.8) is 0 Å². The summed E-state index contributed by atoms with van der Waals surface area (Å²) in [6, 6.07) is 7.70. The Morgan fingerprint density at radius 2 is 2.00 bits per heavy atom. The molecule has 1 amide bonds. The van der Waals surface area contributed by atoms with Gasteiger partial charge in [0.25, 0.3) is 0 Å². The molecule has 0 aromatic heterocycles. The van der Waals surface area contributed by atoms with Gasteiger partial charge in [-0.2, -0.15) is 0 Å². The second kappa shape index (κ2) is 6.64. The van der Waals surface area contributed by atoms with Crippen molar-refractivity contribution in [2.24, 2.45) is 0 Å². The quantitative estimate of drug-likeness (QED) is 0.849. The fraction of sp³-hybridized carbons (Fsp3) is 0.462. The summed E-state index contributed by atoms with van der Waals surface area (Å²) >= 11 is 3.33. The van der Waals surface area contributed by atoms with Gasteiger partial charge in [-0.1, -0.05) is 35.0 Å². The van der Waals surface area contributed by atoms with Crippen LogP contribution < -0.4 is 10.1 Å². The largest absolute Gasteiger partial charge is 0.497 e. The molecule has 0 bridgehead atoms. The maximum Gasteiger partial charge on any atom is 0.234 e. The van der Waals surface area contributed by atoms with Crippen LogP contribution in [0.2, 0.25) is 0 Å². The van der Waals surface area contributed by atoms with E-state index in [0.717, 1.165) is 17.7 Å². The van der Waals surface area contributed by atoms with Crippen molar-refractivity contribution in [3.05, 3.63) is 29.8 Å². The minimum absolute atomic E-state index is 0.00000567. The molecule has 1 aromatic carbocycles. The molecule has 0 saturated carbocycles. The molecule has 0 saturated heterocycles. The maximum atomic E-state index is 11.7. The Hall–Kier alpha value is -1.03. The number of halogens is 1. The van der Waals surface area contributed by atoms with E-state index in [4.69, 9.17) is 4.74 Å². The molecule has 1 rings (SSSR count). The molecule has 0 fully saturated rings. The molecule has 0 radical (unpaired) electrons. The predicted molar refractivity (Wildman–Crippen MR) is 72.6 cm³/mol. The normalized spacial score (nSPS) is 13.9. The Labute approximate surface area is 111 Å². The highest BCUT2D eigenvalue weighted by Crippen LogP contribution is 2.18. The summed E-state index contributed by atoms with van der Waals surface area (Å²) in [5, 5.41) is 2.96. The number of benzene rings is 1. The predicted octanol–water partition coefficient (Wildman–Crippen LogP) is 3.05. The third kappa shape index (κ3) is 4.04. The van der Waals surface area contributed by atoms with Crippen LogP contribution in [0.3, 0.4) is 0 Å². The second-order valence-electron chi connectivity index (χ2n) is 3.88. The lowest BCUT2D eigenvalue weighted by molar-refractivity contribution is -0.121. The van der Waals surface area contributed by atoms with Crippen LogP contribution in [0.1, 0.15) is 31.9 Å². The van der Waals surface area contributed by atoms with Crippen molar-refractivity contribution in [3.8, 4) is 5.75 Å². The summed E-state index contributed by atoms with van der Waals surface area (Å²) in [6.45, 7) is 3.94. The SMILES string of the molecule is CC[C@H](Br)C(=O)N[C@@H](C)c1ccc(OC)cc1. The van der Waals surface area contributed by atoms with Gasteiger partial charge in [-0.15, -0.1) is 0 Å². The molecule has 3 nitrogen and oxygen atoms in total. The Balaban J connectivity index is 2.63. The van der Waals surface area contributed by atoms with E-state index in [0.29, 0.717) is 0 Å².